The molecule has 3 amide bonds. The van der Waals surface area contributed by atoms with Crippen LogP contribution in [0.5, 0.6) is 0 Å². The zero-order valence-corrected chi connectivity index (χ0v) is 17.5. The summed E-state index contributed by atoms with van der Waals surface area (Å²) in [6, 6.07) is 5.90. The maximum Gasteiger partial charge on any atom is 0.329 e. The summed E-state index contributed by atoms with van der Waals surface area (Å²) in [6.07, 6.45) is 1.09. The summed E-state index contributed by atoms with van der Waals surface area (Å²) in [4.78, 5) is 53.6. The minimum Gasteiger partial charge on any atom is -0.458 e. The molecule has 3 rings (SSSR count). The Balaban J connectivity index is 1.71. The van der Waals surface area contributed by atoms with Gasteiger partial charge in [-0.05, 0) is 57.9 Å². The third-order valence-electron chi connectivity index (χ3n) is 4.74. The maximum absolute atomic E-state index is 12.7. The van der Waals surface area contributed by atoms with Gasteiger partial charge in [-0.3, -0.25) is 14.4 Å². The van der Waals surface area contributed by atoms with E-state index in [9.17, 15) is 19.2 Å². The minimum absolute atomic E-state index is 0.255. The molecule has 1 saturated heterocycles. The standard InChI is InChI=1S/C21H26N4O5/c1-21(2,3)30-20(29)16-6-5-9-25(16)19(28)18(27)23-13-7-8-14-12(10-13)11-15(24-14)17(26)22-4/h7-8,10-11,16,24H,5-6,9H2,1-4H3,(H,22,26)(H,23,27)/t16-/m1/s1. The van der Waals surface area contributed by atoms with Crippen LogP contribution in [0.25, 0.3) is 10.9 Å². The van der Waals surface area contributed by atoms with Crippen LogP contribution in [-0.2, 0) is 19.1 Å². The molecule has 2 heterocycles. The predicted octanol–water partition coefficient (Wildman–Crippen LogP) is 1.80. The van der Waals surface area contributed by atoms with Gasteiger partial charge in [-0.15, -0.1) is 0 Å². The van der Waals surface area contributed by atoms with Gasteiger partial charge in [-0.25, -0.2) is 4.79 Å². The van der Waals surface area contributed by atoms with Gasteiger partial charge in [0.25, 0.3) is 5.91 Å². The first kappa shape index (κ1) is 21.4. The minimum atomic E-state index is -0.827. The number of carbonyl (C=O) groups is 4. The van der Waals surface area contributed by atoms with Gasteiger partial charge in [0.15, 0.2) is 0 Å². The Morgan fingerprint density at radius 3 is 2.57 bits per heavy atom. The first-order valence-corrected chi connectivity index (χ1v) is 9.79. The Morgan fingerprint density at radius 2 is 1.90 bits per heavy atom. The van der Waals surface area contributed by atoms with Crippen molar-refractivity contribution in [1.82, 2.24) is 15.2 Å². The van der Waals surface area contributed by atoms with Crippen LogP contribution in [-0.4, -0.2) is 58.8 Å². The molecule has 160 valence electrons. The molecule has 1 fully saturated rings. The fourth-order valence-corrected chi connectivity index (χ4v) is 3.41. The molecule has 0 saturated carbocycles. The van der Waals surface area contributed by atoms with E-state index in [1.165, 1.54) is 11.9 Å². The summed E-state index contributed by atoms with van der Waals surface area (Å²) >= 11 is 0. The lowest BCUT2D eigenvalue weighted by atomic mass is 10.1. The van der Waals surface area contributed by atoms with Gasteiger partial charge in [0.05, 0.1) is 0 Å². The van der Waals surface area contributed by atoms with E-state index in [1.807, 2.05) is 0 Å². The van der Waals surface area contributed by atoms with Gasteiger partial charge in [-0.1, -0.05) is 0 Å². The van der Waals surface area contributed by atoms with Gasteiger partial charge < -0.3 is 25.3 Å². The first-order chi connectivity index (χ1) is 14.1. The Bertz CT molecular complexity index is 1000. The number of carbonyl (C=O) groups excluding carboxylic acids is 4. The number of fused-ring (bicyclic) bond motifs is 1. The Kier molecular flexibility index (Phi) is 5.82. The molecule has 1 aromatic carbocycles. The van der Waals surface area contributed by atoms with Crippen molar-refractivity contribution in [3.8, 4) is 0 Å². The quantitative estimate of drug-likeness (QED) is 0.522. The number of ether oxygens (including phenoxy) is 1. The summed E-state index contributed by atoms with van der Waals surface area (Å²) in [5.41, 5.74) is 0.860. The molecule has 9 nitrogen and oxygen atoms in total. The number of amides is 3. The van der Waals surface area contributed by atoms with E-state index in [0.29, 0.717) is 36.2 Å². The van der Waals surface area contributed by atoms with E-state index in [-0.39, 0.29) is 5.91 Å². The lowest BCUT2D eigenvalue weighted by molar-refractivity contribution is -0.163. The summed E-state index contributed by atoms with van der Waals surface area (Å²) < 4.78 is 5.38. The highest BCUT2D eigenvalue weighted by atomic mass is 16.6. The van der Waals surface area contributed by atoms with Gasteiger partial charge in [-0.2, -0.15) is 0 Å². The normalized spacial score (nSPS) is 16.4. The van der Waals surface area contributed by atoms with E-state index in [1.54, 1.807) is 45.0 Å². The number of likely N-dealkylation sites (tertiary alicyclic amines) is 1. The fourth-order valence-electron chi connectivity index (χ4n) is 3.41. The van der Waals surface area contributed by atoms with Crippen molar-refractivity contribution in [3.63, 3.8) is 0 Å². The molecule has 0 radical (unpaired) electrons. The Morgan fingerprint density at radius 1 is 1.17 bits per heavy atom. The number of nitrogens with zero attached hydrogens (tertiary/aromatic N) is 1. The van der Waals surface area contributed by atoms with Gasteiger partial charge in [0.2, 0.25) is 0 Å². The zero-order chi connectivity index (χ0) is 22.1. The second-order valence-electron chi connectivity index (χ2n) is 8.21. The van der Waals surface area contributed by atoms with Crippen molar-refractivity contribution < 1.29 is 23.9 Å². The van der Waals surface area contributed by atoms with Crippen molar-refractivity contribution in [3.05, 3.63) is 30.0 Å². The molecule has 2 aromatic rings. The van der Waals surface area contributed by atoms with Gasteiger partial charge >= 0.3 is 17.8 Å². The largest absolute Gasteiger partial charge is 0.458 e. The molecule has 30 heavy (non-hydrogen) atoms. The molecule has 0 unspecified atom stereocenters. The number of anilines is 1. The van der Waals surface area contributed by atoms with Crippen LogP contribution in [0.15, 0.2) is 24.3 Å². The molecule has 0 aliphatic carbocycles. The van der Waals surface area contributed by atoms with Crippen LogP contribution < -0.4 is 10.6 Å². The molecule has 3 N–H and O–H groups in total. The topological polar surface area (TPSA) is 121 Å². The van der Waals surface area contributed by atoms with E-state index in [2.05, 4.69) is 15.6 Å². The molecule has 1 aliphatic rings. The molecular formula is C21H26N4O5. The van der Waals surface area contributed by atoms with Crippen LogP contribution >= 0.6 is 0 Å². The number of hydrogen-bond acceptors (Lipinski definition) is 5. The zero-order valence-electron chi connectivity index (χ0n) is 17.5. The van der Waals surface area contributed by atoms with Crippen molar-refractivity contribution in [2.24, 2.45) is 0 Å². The number of nitrogens with one attached hydrogen (secondary N) is 3. The van der Waals surface area contributed by atoms with Gasteiger partial charge in [0.1, 0.15) is 17.3 Å². The Labute approximate surface area is 174 Å². The lowest BCUT2D eigenvalue weighted by Gasteiger charge is -2.27. The predicted molar refractivity (Wildman–Crippen MR) is 111 cm³/mol. The third kappa shape index (κ3) is 4.61. The number of H-pyrrole nitrogens is 1. The fraction of sp³-hybridized carbons (Fsp3) is 0.429. The van der Waals surface area contributed by atoms with Crippen LogP contribution in [0.3, 0.4) is 0 Å². The highest BCUT2D eigenvalue weighted by Crippen LogP contribution is 2.23. The van der Waals surface area contributed by atoms with Crippen LogP contribution in [0.4, 0.5) is 5.69 Å². The molecule has 0 spiro atoms. The van der Waals surface area contributed by atoms with Crippen LogP contribution in [0.2, 0.25) is 0 Å². The number of esters is 1. The monoisotopic (exact) mass is 414 g/mol. The van der Waals surface area contributed by atoms with Crippen molar-refractivity contribution in [2.75, 3.05) is 18.9 Å². The van der Waals surface area contributed by atoms with E-state index in [0.717, 1.165) is 5.52 Å². The van der Waals surface area contributed by atoms with Crippen LogP contribution in [0.1, 0.15) is 44.1 Å². The molecule has 9 heteroatoms. The first-order valence-electron chi connectivity index (χ1n) is 9.79. The van der Waals surface area contributed by atoms with Crippen LogP contribution in [0, 0.1) is 0 Å². The molecular weight excluding hydrogens is 388 g/mol. The molecule has 0 bridgehead atoms. The smallest absolute Gasteiger partial charge is 0.329 e. The second kappa shape index (κ2) is 8.17. The maximum atomic E-state index is 12.7. The van der Waals surface area contributed by atoms with E-state index in [4.69, 9.17) is 4.74 Å². The summed E-state index contributed by atoms with van der Waals surface area (Å²) in [5, 5.41) is 5.82. The highest BCUT2D eigenvalue weighted by Gasteiger charge is 2.39. The highest BCUT2D eigenvalue weighted by molar-refractivity contribution is 6.40. The van der Waals surface area contributed by atoms with E-state index < -0.39 is 29.4 Å². The number of hydrogen-bond donors (Lipinski definition) is 3. The Hall–Kier alpha value is -3.36. The molecule has 1 aromatic heterocycles. The number of aromatic nitrogens is 1. The molecule has 1 atom stereocenters. The second-order valence-corrected chi connectivity index (χ2v) is 8.21. The van der Waals surface area contributed by atoms with Crippen molar-refractivity contribution >= 4 is 40.3 Å². The average molecular weight is 414 g/mol. The summed E-state index contributed by atoms with van der Waals surface area (Å²) in [6.45, 7) is 5.59. The van der Waals surface area contributed by atoms with E-state index >= 15 is 0 Å². The number of aromatic amines is 1. The summed E-state index contributed by atoms with van der Waals surface area (Å²) in [7, 11) is 1.54. The van der Waals surface area contributed by atoms with Crippen molar-refractivity contribution in [1.29, 1.82) is 0 Å². The third-order valence-corrected chi connectivity index (χ3v) is 4.74. The van der Waals surface area contributed by atoms with Gasteiger partial charge in [0, 0.05) is 30.2 Å². The number of benzene rings is 1. The molecule has 1 aliphatic heterocycles. The van der Waals surface area contributed by atoms with Crippen molar-refractivity contribution in [2.45, 2.75) is 45.3 Å². The SMILES string of the molecule is CNC(=O)c1cc2cc(NC(=O)C(=O)N3CCC[C@@H]3C(=O)OC(C)(C)C)ccc2[nH]1. The lowest BCUT2D eigenvalue weighted by Crippen LogP contribution is -2.47. The number of rotatable bonds is 3. The summed E-state index contributed by atoms with van der Waals surface area (Å²) in [5.74, 6) is -2.36. The average Bonchev–Trinajstić information content (AvgIpc) is 3.32.